The van der Waals surface area contributed by atoms with Crippen LogP contribution in [0.1, 0.15) is 12.5 Å². The van der Waals surface area contributed by atoms with Crippen molar-refractivity contribution >= 4 is 37.8 Å². The predicted molar refractivity (Wildman–Crippen MR) is 64.4 cm³/mol. The normalized spacial score (nSPS) is 9.44. The summed E-state index contributed by atoms with van der Waals surface area (Å²) in [6.45, 7) is 1.26. The number of carbonyl (C=O) groups is 1. The van der Waals surface area contributed by atoms with Gasteiger partial charge in [0, 0.05) is 11.4 Å². The minimum Gasteiger partial charge on any atom is -0.493 e. The number of hydrogen-bond acceptors (Lipinski definition) is 4. The number of halogens is 2. The molecule has 0 amide bonds. The van der Waals surface area contributed by atoms with Crippen LogP contribution in [0.3, 0.4) is 0 Å². The van der Waals surface area contributed by atoms with E-state index >= 15 is 0 Å². The summed E-state index contributed by atoms with van der Waals surface area (Å²) in [5.74, 6) is -0.0709. The third kappa shape index (κ3) is 2.54. The summed E-state index contributed by atoms with van der Waals surface area (Å²) in [4.78, 5) is 10.9. The quantitative estimate of drug-likeness (QED) is 0.609. The first-order chi connectivity index (χ1) is 7.51. The van der Waals surface area contributed by atoms with Gasteiger partial charge in [0.25, 0.3) is 0 Å². The minimum atomic E-state index is -0.510. The molecule has 0 heterocycles. The molecule has 0 bridgehead atoms. The fourth-order valence-corrected chi connectivity index (χ4v) is 1.87. The van der Waals surface area contributed by atoms with Crippen LogP contribution in [0.25, 0.3) is 0 Å². The molecular weight excluding hydrogens is 342 g/mol. The highest BCUT2D eigenvalue weighted by Gasteiger charge is 2.19. The van der Waals surface area contributed by atoms with Gasteiger partial charge in [-0.3, -0.25) is 4.79 Å². The standard InChI is InChI=1S/C10H7Br2NO3/c1-5(14)16-10-6(4-13)9(12)7(11)3-8(10)15-2/h3H,1-2H3. The highest BCUT2D eigenvalue weighted by molar-refractivity contribution is 9.13. The van der Waals surface area contributed by atoms with Crippen molar-refractivity contribution in [3.63, 3.8) is 0 Å². The molecule has 0 N–H and O–H groups in total. The zero-order valence-corrected chi connectivity index (χ0v) is 11.7. The van der Waals surface area contributed by atoms with Gasteiger partial charge in [-0.25, -0.2) is 0 Å². The second-order valence-electron chi connectivity index (χ2n) is 2.78. The van der Waals surface area contributed by atoms with Crippen molar-refractivity contribution in [2.24, 2.45) is 0 Å². The molecule has 0 radical (unpaired) electrons. The van der Waals surface area contributed by atoms with Crippen molar-refractivity contribution in [1.82, 2.24) is 0 Å². The Balaban J connectivity index is 3.48. The number of carbonyl (C=O) groups excluding carboxylic acids is 1. The summed E-state index contributed by atoms with van der Waals surface area (Å²) in [7, 11) is 1.43. The largest absolute Gasteiger partial charge is 0.493 e. The average molecular weight is 349 g/mol. The number of ether oxygens (including phenoxy) is 2. The molecule has 0 spiro atoms. The van der Waals surface area contributed by atoms with Crippen LogP contribution in [-0.4, -0.2) is 13.1 Å². The Hall–Kier alpha value is -1.06. The smallest absolute Gasteiger partial charge is 0.308 e. The van der Waals surface area contributed by atoms with Gasteiger partial charge in [0.1, 0.15) is 11.6 Å². The highest BCUT2D eigenvalue weighted by Crippen LogP contribution is 2.40. The van der Waals surface area contributed by atoms with Crippen LogP contribution >= 0.6 is 31.9 Å². The number of benzene rings is 1. The molecule has 1 aromatic carbocycles. The lowest BCUT2D eigenvalue weighted by Gasteiger charge is -2.11. The Morgan fingerprint density at radius 1 is 1.50 bits per heavy atom. The molecule has 16 heavy (non-hydrogen) atoms. The van der Waals surface area contributed by atoms with Gasteiger partial charge in [0.05, 0.1) is 11.6 Å². The van der Waals surface area contributed by atoms with E-state index in [0.29, 0.717) is 14.7 Å². The lowest BCUT2D eigenvalue weighted by molar-refractivity contribution is -0.132. The third-order valence-electron chi connectivity index (χ3n) is 1.72. The zero-order chi connectivity index (χ0) is 12.3. The van der Waals surface area contributed by atoms with E-state index < -0.39 is 5.97 Å². The molecule has 1 rings (SSSR count). The number of rotatable bonds is 2. The average Bonchev–Trinajstić information content (AvgIpc) is 2.23. The van der Waals surface area contributed by atoms with Crippen LogP contribution in [0.4, 0.5) is 0 Å². The number of methoxy groups -OCH3 is 1. The van der Waals surface area contributed by atoms with Crippen molar-refractivity contribution in [2.45, 2.75) is 6.92 Å². The van der Waals surface area contributed by atoms with Gasteiger partial charge in [0.15, 0.2) is 11.5 Å². The topological polar surface area (TPSA) is 59.3 Å². The molecule has 0 unspecified atom stereocenters. The number of nitrogens with zero attached hydrogens (tertiary/aromatic N) is 1. The lowest BCUT2D eigenvalue weighted by Crippen LogP contribution is -2.05. The van der Waals surface area contributed by atoms with E-state index in [4.69, 9.17) is 14.7 Å². The Bertz CT molecular complexity index is 480. The molecule has 0 saturated carbocycles. The molecule has 6 heteroatoms. The summed E-state index contributed by atoms with van der Waals surface area (Å²) in [6, 6.07) is 3.56. The molecule has 0 aromatic heterocycles. The summed E-state index contributed by atoms with van der Waals surface area (Å²) in [5, 5.41) is 9.01. The van der Waals surface area contributed by atoms with Crippen LogP contribution in [-0.2, 0) is 4.79 Å². The van der Waals surface area contributed by atoms with E-state index in [1.165, 1.54) is 14.0 Å². The van der Waals surface area contributed by atoms with E-state index in [1.54, 1.807) is 6.07 Å². The third-order valence-corrected chi connectivity index (χ3v) is 3.70. The van der Waals surface area contributed by atoms with Crippen molar-refractivity contribution in [3.05, 3.63) is 20.6 Å². The van der Waals surface area contributed by atoms with Gasteiger partial charge in [-0.05, 0) is 37.9 Å². The Morgan fingerprint density at radius 3 is 2.56 bits per heavy atom. The predicted octanol–water partition coefficient (Wildman–Crippen LogP) is 3.02. The SMILES string of the molecule is COc1cc(Br)c(Br)c(C#N)c1OC(C)=O. The van der Waals surface area contributed by atoms with Crippen LogP contribution in [0, 0.1) is 11.3 Å². The summed E-state index contributed by atoms with van der Waals surface area (Å²) >= 11 is 6.49. The fraction of sp³-hybridized carbons (Fsp3) is 0.200. The highest BCUT2D eigenvalue weighted by atomic mass is 79.9. The maximum absolute atomic E-state index is 10.9. The summed E-state index contributed by atoms with van der Waals surface area (Å²) in [6.07, 6.45) is 0. The van der Waals surface area contributed by atoms with Gasteiger partial charge in [-0.1, -0.05) is 0 Å². The number of hydrogen-bond donors (Lipinski definition) is 0. The van der Waals surface area contributed by atoms with Crippen LogP contribution in [0.15, 0.2) is 15.0 Å². The van der Waals surface area contributed by atoms with E-state index in [0.717, 1.165) is 0 Å². The molecule has 0 aliphatic heterocycles. The van der Waals surface area contributed by atoms with E-state index in [1.807, 2.05) is 6.07 Å². The fourth-order valence-electron chi connectivity index (χ4n) is 1.08. The maximum atomic E-state index is 10.9. The van der Waals surface area contributed by atoms with Gasteiger partial charge in [-0.15, -0.1) is 0 Å². The molecule has 0 saturated heterocycles. The first-order valence-electron chi connectivity index (χ1n) is 4.15. The molecule has 0 fully saturated rings. The van der Waals surface area contributed by atoms with E-state index in [-0.39, 0.29) is 11.3 Å². The second kappa shape index (κ2) is 5.32. The lowest BCUT2D eigenvalue weighted by atomic mass is 10.2. The van der Waals surface area contributed by atoms with E-state index in [9.17, 15) is 4.79 Å². The first-order valence-corrected chi connectivity index (χ1v) is 5.74. The van der Waals surface area contributed by atoms with Crippen LogP contribution < -0.4 is 9.47 Å². The zero-order valence-electron chi connectivity index (χ0n) is 8.51. The van der Waals surface area contributed by atoms with E-state index in [2.05, 4.69) is 31.9 Å². The Labute approximate surface area is 109 Å². The Morgan fingerprint density at radius 2 is 2.12 bits per heavy atom. The number of nitriles is 1. The van der Waals surface area contributed by atoms with Crippen molar-refractivity contribution in [2.75, 3.05) is 7.11 Å². The second-order valence-corrected chi connectivity index (χ2v) is 4.43. The first kappa shape index (κ1) is 13.0. The summed E-state index contributed by atoms with van der Waals surface area (Å²) in [5.41, 5.74) is 0.210. The molecule has 1 aromatic rings. The molecule has 0 aliphatic carbocycles. The molecule has 0 atom stereocenters. The molecule has 84 valence electrons. The van der Waals surface area contributed by atoms with Crippen molar-refractivity contribution in [1.29, 1.82) is 5.26 Å². The molecule has 0 aliphatic rings. The monoisotopic (exact) mass is 347 g/mol. The summed E-state index contributed by atoms with van der Waals surface area (Å²) < 4.78 is 11.2. The number of esters is 1. The van der Waals surface area contributed by atoms with Gasteiger partial charge in [0.2, 0.25) is 0 Å². The van der Waals surface area contributed by atoms with Crippen LogP contribution in [0.2, 0.25) is 0 Å². The van der Waals surface area contributed by atoms with Crippen molar-refractivity contribution < 1.29 is 14.3 Å². The maximum Gasteiger partial charge on any atom is 0.308 e. The Kier molecular flexibility index (Phi) is 4.33. The van der Waals surface area contributed by atoms with Crippen molar-refractivity contribution in [3.8, 4) is 17.6 Å². The van der Waals surface area contributed by atoms with Gasteiger partial charge in [-0.2, -0.15) is 5.26 Å². The van der Waals surface area contributed by atoms with Gasteiger partial charge >= 0.3 is 5.97 Å². The van der Waals surface area contributed by atoms with Crippen LogP contribution in [0.5, 0.6) is 11.5 Å². The molecular formula is C10H7Br2NO3. The molecule has 4 nitrogen and oxygen atoms in total. The minimum absolute atomic E-state index is 0.118. The van der Waals surface area contributed by atoms with Gasteiger partial charge < -0.3 is 9.47 Å².